The van der Waals surface area contributed by atoms with Crippen LogP contribution in [0.3, 0.4) is 0 Å². The third-order valence-corrected chi connectivity index (χ3v) is 3.80. The average molecular weight is 305 g/mol. The van der Waals surface area contributed by atoms with Gasteiger partial charge >= 0.3 is 6.03 Å². The van der Waals surface area contributed by atoms with Gasteiger partial charge in [0.2, 0.25) is 5.91 Å². The smallest absolute Gasteiger partial charge is 0.321 e. The van der Waals surface area contributed by atoms with Crippen LogP contribution in [0.5, 0.6) is 5.75 Å². The van der Waals surface area contributed by atoms with Gasteiger partial charge in [-0.15, -0.1) is 0 Å². The van der Waals surface area contributed by atoms with Crippen molar-refractivity contribution in [3.8, 4) is 5.75 Å². The van der Waals surface area contributed by atoms with Gasteiger partial charge in [0.05, 0.1) is 12.8 Å². The number of ether oxygens (including phenoxy) is 1. The molecule has 0 heterocycles. The zero-order chi connectivity index (χ0) is 15.9. The molecule has 3 N–H and O–H groups in total. The Kier molecular flexibility index (Phi) is 5.63. The average Bonchev–Trinajstić information content (AvgIpc) is 3.00. The molecule has 1 aromatic carbocycles. The molecule has 1 saturated carbocycles. The van der Waals surface area contributed by atoms with Crippen molar-refractivity contribution in [2.45, 2.75) is 44.7 Å². The van der Waals surface area contributed by atoms with Gasteiger partial charge in [-0.1, -0.05) is 25.0 Å². The lowest BCUT2D eigenvalue weighted by Gasteiger charge is -2.18. The van der Waals surface area contributed by atoms with Gasteiger partial charge in [0, 0.05) is 6.04 Å². The summed E-state index contributed by atoms with van der Waals surface area (Å²) in [5.74, 6) is 0.277. The van der Waals surface area contributed by atoms with Crippen molar-refractivity contribution in [1.29, 1.82) is 0 Å². The van der Waals surface area contributed by atoms with Crippen molar-refractivity contribution in [3.05, 3.63) is 24.3 Å². The molecule has 0 unspecified atom stereocenters. The van der Waals surface area contributed by atoms with Crippen LogP contribution in [0.25, 0.3) is 0 Å². The summed E-state index contributed by atoms with van der Waals surface area (Å²) in [6, 6.07) is 6.54. The molecule has 1 aliphatic carbocycles. The van der Waals surface area contributed by atoms with Crippen molar-refractivity contribution in [1.82, 2.24) is 10.6 Å². The second-order valence-electron chi connectivity index (χ2n) is 5.51. The minimum absolute atomic E-state index is 0.185. The summed E-state index contributed by atoms with van der Waals surface area (Å²) in [6.07, 6.45) is 4.22. The Hall–Kier alpha value is -2.24. The summed E-state index contributed by atoms with van der Waals surface area (Å²) in [5.41, 5.74) is 0.712. The van der Waals surface area contributed by atoms with E-state index in [2.05, 4.69) is 16.0 Å². The number of benzene rings is 1. The van der Waals surface area contributed by atoms with Gasteiger partial charge in [-0.2, -0.15) is 0 Å². The molecule has 1 fully saturated rings. The van der Waals surface area contributed by atoms with Gasteiger partial charge in [0.1, 0.15) is 11.8 Å². The Morgan fingerprint density at radius 1 is 1.23 bits per heavy atom. The van der Waals surface area contributed by atoms with Crippen LogP contribution in [-0.4, -0.2) is 31.1 Å². The molecule has 2 rings (SSSR count). The van der Waals surface area contributed by atoms with E-state index in [-0.39, 0.29) is 11.9 Å². The van der Waals surface area contributed by atoms with Crippen molar-refractivity contribution in [2.75, 3.05) is 12.4 Å². The van der Waals surface area contributed by atoms with Crippen molar-refractivity contribution < 1.29 is 14.3 Å². The number of urea groups is 1. The molecule has 120 valence electrons. The molecule has 6 nitrogen and oxygen atoms in total. The number of methoxy groups -OCH3 is 1. The number of carbonyl (C=O) groups excluding carboxylic acids is 2. The maximum atomic E-state index is 12.1. The standard InChI is InChI=1S/C16H23N3O3/c1-11(17-13-9-5-6-10-14(13)22-2)15(20)19-16(21)18-12-7-3-4-8-12/h5-6,9-12,17H,3-4,7-8H2,1-2H3,(H2,18,19,20,21)/t11-/m1/s1. The topological polar surface area (TPSA) is 79.5 Å². The third-order valence-electron chi connectivity index (χ3n) is 3.80. The van der Waals surface area contributed by atoms with Gasteiger partial charge in [-0.25, -0.2) is 4.79 Å². The fourth-order valence-electron chi connectivity index (χ4n) is 2.57. The number of para-hydroxylation sites is 2. The van der Waals surface area contributed by atoms with E-state index < -0.39 is 12.1 Å². The molecular weight excluding hydrogens is 282 g/mol. The molecule has 1 aromatic rings. The van der Waals surface area contributed by atoms with E-state index in [4.69, 9.17) is 4.74 Å². The molecule has 1 atom stereocenters. The lowest BCUT2D eigenvalue weighted by molar-refractivity contribution is -0.120. The van der Waals surface area contributed by atoms with E-state index in [1.54, 1.807) is 20.1 Å². The molecule has 0 saturated heterocycles. The van der Waals surface area contributed by atoms with E-state index in [1.165, 1.54) is 0 Å². The van der Waals surface area contributed by atoms with Crippen molar-refractivity contribution >= 4 is 17.6 Å². The monoisotopic (exact) mass is 305 g/mol. The molecule has 0 aromatic heterocycles. The second-order valence-corrected chi connectivity index (χ2v) is 5.51. The number of rotatable bonds is 5. The first-order valence-corrected chi connectivity index (χ1v) is 7.61. The first-order valence-electron chi connectivity index (χ1n) is 7.61. The van der Waals surface area contributed by atoms with Crippen molar-refractivity contribution in [3.63, 3.8) is 0 Å². The first-order chi connectivity index (χ1) is 10.6. The van der Waals surface area contributed by atoms with Gasteiger partial charge in [-0.05, 0) is 31.9 Å². The number of nitrogens with one attached hydrogen (secondary N) is 3. The summed E-state index contributed by atoms with van der Waals surface area (Å²) in [7, 11) is 1.57. The maximum Gasteiger partial charge on any atom is 0.321 e. The molecule has 0 spiro atoms. The zero-order valence-corrected chi connectivity index (χ0v) is 13.0. The van der Waals surface area contributed by atoms with Crippen LogP contribution in [0.2, 0.25) is 0 Å². The summed E-state index contributed by atoms with van der Waals surface area (Å²) in [4.78, 5) is 23.8. The van der Waals surface area contributed by atoms with Crippen LogP contribution >= 0.6 is 0 Å². The Morgan fingerprint density at radius 3 is 2.59 bits per heavy atom. The summed E-state index contributed by atoms with van der Waals surface area (Å²) >= 11 is 0. The largest absolute Gasteiger partial charge is 0.495 e. The quantitative estimate of drug-likeness (QED) is 0.779. The van der Waals surface area contributed by atoms with Crippen LogP contribution < -0.4 is 20.7 Å². The molecule has 6 heteroatoms. The highest BCUT2D eigenvalue weighted by molar-refractivity contribution is 5.98. The molecule has 22 heavy (non-hydrogen) atoms. The normalized spacial score (nSPS) is 15.9. The van der Waals surface area contributed by atoms with Gasteiger partial charge in [0.25, 0.3) is 0 Å². The molecular formula is C16H23N3O3. The van der Waals surface area contributed by atoms with Crippen LogP contribution in [0.1, 0.15) is 32.6 Å². The molecule has 0 aliphatic heterocycles. The summed E-state index contributed by atoms with van der Waals surface area (Å²) in [6.45, 7) is 1.70. The van der Waals surface area contributed by atoms with Crippen molar-refractivity contribution in [2.24, 2.45) is 0 Å². The van der Waals surface area contributed by atoms with Crippen LogP contribution in [0.4, 0.5) is 10.5 Å². The first kappa shape index (κ1) is 16.1. The minimum Gasteiger partial charge on any atom is -0.495 e. The number of anilines is 1. The Bertz CT molecular complexity index is 527. The highest BCUT2D eigenvalue weighted by atomic mass is 16.5. The maximum absolute atomic E-state index is 12.1. The van der Waals surface area contributed by atoms with Gasteiger partial charge in [0.15, 0.2) is 0 Å². The van der Waals surface area contributed by atoms with E-state index >= 15 is 0 Å². The summed E-state index contributed by atoms with van der Waals surface area (Å²) in [5, 5.41) is 8.24. The lowest BCUT2D eigenvalue weighted by Crippen LogP contribution is -2.48. The number of carbonyl (C=O) groups is 2. The van der Waals surface area contributed by atoms with E-state index in [0.29, 0.717) is 11.4 Å². The Morgan fingerprint density at radius 2 is 1.91 bits per heavy atom. The minimum atomic E-state index is -0.550. The third kappa shape index (κ3) is 4.38. The van der Waals surface area contributed by atoms with Gasteiger partial charge in [-0.3, -0.25) is 10.1 Å². The number of hydrogen-bond acceptors (Lipinski definition) is 4. The second kappa shape index (κ2) is 7.68. The molecule has 1 aliphatic rings. The van der Waals surface area contributed by atoms with Crippen LogP contribution in [0, 0.1) is 0 Å². The molecule has 3 amide bonds. The molecule has 0 radical (unpaired) electrons. The zero-order valence-electron chi connectivity index (χ0n) is 13.0. The van der Waals surface area contributed by atoms with E-state index in [9.17, 15) is 9.59 Å². The predicted molar refractivity (Wildman–Crippen MR) is 85.0 cm³/mol. The SMILES string of the molecule is COc1ccccc1N[C@H](C)C(=O)NC(=O)NC1CCCC1. The number of imide groups is 1. The van der Waals surface area contributed by atoms with E-state index in [1.807, 2.05) is 18.2 Å². The van der Waals surface area contributed by atoms with Crippen LogP contribution in [0.15, 0.2) is 24.3 Å². The number of amides is 3. The molecule has 0 bridgehead atoms. The lowest BCUT2D eigenvalue weighted by atomic mass is 10.2. The van der Waals surface area contributed by atoms with E-state index in [0.717, 1.165) is 25.7 Å². The number of hydrogen-bond donors (Lipinski definition) is 3. The predicted octanol–water partition coefficient (Wildman–Crippen LogP) is 2.26. The Labute approximate surface area is 130 Å². The fraction of sp³-hybridized carbons (Fsp3) is 0.500. The van der Waals surface area contributed by atoms with Gasteiger partial charge < -0.3 is 15.4 Å². The van der Waals surface area contributed by atoms with Crippen LogP contribution in [-0.2, 0) is 4.79 Å². The summed E-state index contributed by atoms with van der Waals surface area (Å²) < 4.78 is 5.22. The highest BCUT2D eigenvalue weighted by Gasteiger charge is 2.20. The fourth-order valence-corrected chi connectivity index (χ4v) is 2.57. The highest BCUT2D eigenvalue weighted by Crippen LogP contribution is 2.23. The Balaban J connectivity index is 1.84.